The van der Waals surface area contributed by atoms with Gasteiger partial charge >= 0.3 is 0 Å². The lowest BCUT2D eigenvalue weighted by atomic mass is 10.0. The molecule has 0 saturated heterocycles. The first-order valence-electron chi connectivity index (χ1n) is 4.09. The average Bonchev–Trinajstić information content (AvgIpc) is 2.03. The maximum atomic E-state index is 5.89. The minimum absolute atomic E-state index is 0. The van der Waals surface area contributed by atoms with Gasteiger partial charge < -0.3 is 11.5 Å². The molecule has 0 unspecified atom stereocenters. The molecular formula is C9H17Cl2N3. The largest absolute Gasteiger partial charge is 0.384 e. The van der Waals surface area contributed by atoms with Crippen molar-refractivity contribution >= 4 is 30.6 Å². The number of hydrogen-bond acceptors (Lipinski definition) is 3. The van der Waals surface area contributed by atoms with Crippen LogP contribution in [0.15, 0.2) is 18.2 Å². The summed E-state index contributed by atoms with van der Waals surface area (Å²) in [5, 5.41) is 0. The van der Waals surface area contributed by atoms with Crippen molar-refractivity contribution in [3.05, 3.63) is 23.9 Å². The van der Waals surface area contributed by atoms with Crippen LogP contribution in [0.1, 0.15) is 25.6 Å². The molecule has 0 aliphatic carbocycles. The van der Waals surface area contributed by atoms with Crippen molar-refractivity contribution in [3.63, 3.8) is 0 Å². The zero-order valence-electron chi connectivity index (χ0n) is 8.31. The van der Waals surface area contributed by atoms with Crippen LogP contribution in [0.4, 0.5) is 5.82 Å². The van der Waals surface area contributed by atoms with Crippen LogP contribution >= 0.6 is 24.8 Å². The molecule has 0 spiro atoms. The van der Waals surface area contributed by atoms with E-state index in [2.05, 4.69) is 18.8 Å². The number of anilines is 1. The highest BCUT2D eigenvalue weighted by Crippen LogP contribution is 2.16. The summed E-state index contributed by atoms with van der Waals surface area (Å²) >= 11 is 0. The summed E-state index contributed by atoms with van der Waals surface area (Å²) in [5.74, 6) is 0.919. The lowest BCUT2D eigenvalue weighted by Crippen LogP contribution is -2.18. The zero-order chi connectivity index (χ0) is 9.14. The maximum Gasteiger partial charge on any atom is 0.123 e. The lowest BCUT2D eigenvalue weighted by molar-refractivity contribution is 0.503. The number of pyridine rings is 1. The Balaban J connectivity index is 0. The highest BCUT2D eigenvalue weighted by molar-refractivity contribution is 5.85. The van der Waals surface area contributed by atoms with Gasteiger partial charge in [-0.1, -0.05) is 19.9 Å². The van der Waals surface area contributed by atoms with Gasteiger partial charge in [0, 0.05) is 6.04 Å². The van der Waals surface area contributed by atoms with Gasteiger partial charge in [0.25, 0.3) is 0 Å². The Labute approximate surface area is 97.1 Å². The molecule has 5 heteroatoms. The standard InChI is InChI=1S/C9H15N3.2ClH/c1-6(2)9(11)7-4-3-5-8(10)12-7;;/h3-6,9H,11H2,1-2H3,(H2,10,12);2*1H/t9-;;/m1../s1. The first-order valence-corrected chi connectivity index (χ1v) is 4.09. The predicted molar refractivity (Wildman–Crippen MR) is 64.9 cm³/mol. The monoisotopic (exact) mass is 237 g/mol. The number of nitrogens with zero attached hydrogens (tertiary/aromatic N) is 1. The van der Waals surface area contributed by atoms with E-state index < -0.39 is 0 Å². The number of nitrogens with two attached hydrogens (primary N) is 2. The number of hydrogen-bond donors (Lipinski definition) is 2. The van der Waals surface area contributed by atoms with Crippen molar-refractivity contribution in [1.82, 2.24) is 4.98 Å². The van der Waals surface area contributed by atoms with E-state index >= 15 is 0 Å². The molecule has 0 radical (unpaired) electrons. The predicted octanol–water partition coefficient (Wildman–Crippen LogP) is 2.16. The number of aromatic nitrogens is 1. The molecular weight excluding hydrogens is 221 g/mol. The molecule has 4 N–H and O–H groups in total. The molecule has 14 heavy (non-hydrogen) atoms. The van der Waals surface area contributed by atoms with Crippen LogP contribution in [0.5, 0.6) is 0 Å². The summed E-state index contributed by atoms with van der Waals surface area (Å²) in [6, 6.07) is 5.52. The van der Waals surface area contributed by atoms with Crippen molar-refractivity contribution in [1.29, 1.82) is 0 Å². The summed E-state index contributed by atoms with van der Waals surface area (Å²) in [5.41, 5.74) is 12.3. The maximum absolute atomic E-state index is 5.89. The van der Waals surface area contributed by atoms with Crippen molar-refractivity contribution in [2.45, 2.75) is 19.9 Å². The van der Waals surface area contributed by atoms with Crippen molar-refractivity contribution < 1.29 is 0 Å². The van der Waals surface area contributed by atoms with E-state index in [1.165, 1.54) is 0 Å². The van der Waals surface area contributed by atoms with Gasteiger partial charge in [-0.25, -0.2) is 4.98 Å². The first-order chi connectivity index (χ1) is 5.61. The van der Waals surface area contributed by atoms with Crippen LogP contribution in [-0.4, -0.2) is 4.98 Å². The summed E-state index contributed by atoms with van der Waals surface area (Å²) < 4.78 is 0. The Hall–Kier alpha value is -0.510. The molecule has 0 fully saturated rings. The Morgan fingerprint density at radius 3 is 2.21 bits per heavy atom. The van der Waals surface area contributed by atoms with E-state index in [4.69, 9.17) is 11.5 Å². The van der Waals surface area contributed by atoms with E-state index in [1.807, 2.05) is 12.1 Å². The second kappa shape index (κ2) is 6.87. The highest BCUT2D eigenvalue weighted by Gasteiger charge is 2.11. The number of nitrogen functional groups attached to an aromatic ring is 1. The highest BCUT2D eigenvalue weighted by atomic mass is 35.5. The van der Waals surface area contributed by atoms with E-state index in [-0.39, 0.29) is 30.9 Å². The van der Waals surface area contributed by atoms with Gasteiger partial charge in [0.1, 0.15) is 5.82 Å². The van der Waals surface area contributed by atoms with Gasteiger partial charge in [-0.2, -0.15) is 0 Å². The summed E-state index contributed by atoms with van der Waals surface area (Å²) in [6.45, 7) is 4.13. The van der Waals surface area contributed by atoms with Crippen molar-refractivity contribution in [3.8, 4) is 0 Å². The van der Waals surface area contributed by atoms with E-state index in [0.717, 1.165) is 5.69 Å². The third kappa shape index (κ3) is 4.13. The van der Waals surface area contributed by atoms with Crippen LogP contribution in [0.3, 0.4) is 0 Å². The van der Waals surface area contributed by atoms with Crippen LogP contribution in [0, 0.1) is 5.92 Å². The molecule has 1 heterocycles. The fourth-order valence-electron chi connectivity index (χ4n) is 0.996. The normalized spacial score (nSPS) is 11.4. The lowest BCUT2D eigenvalue weighted by Gasteiger charge is -2.14. The molecule has 0 saturated carbocycles. The third-order valence-electron chi connectivity index (χ3n) is 1.85. The molecule has 0 amide bonds. The van der Waals surface area contributed by atoms with Gasteiger partial charge in [0.2, 0.25) is 0 Å². The van der Waals surface area contributed by atoms with Crippen LogP contribution in [0.2, 0.25) is 0 Å². The Kier molecular flexibility index (Phi) is 7.82. The second-order valence-corrected chi connectivity index (χ2v) is 3.26. The van der Waals surface area contributed by atoms with E-state index in [1.54, 1.807) is 6.07 Å². The molecule has 1 rings (SSSR count). The van der Waals surface area contributed by atoms with Crippen molar-refractivity contribution in [2.24, 2.45) is 11.7 Å². The minimum atomic E-state index is -0.0199. The molecule has 1 aromatic rings. The van der Waals surface area contributed by atoms with Crippen LogP contribution < -0.4 is 11.5 Å². The Morgan fingerprint density at radius 2 is 1.79 bits per heavy atom. The molecule has 1 atom stereocenters. The van der Waals surface area contributed by atoms with Gasteiger partial charge in [-0.3, -0.25) is 0 Å². The first kappa shape index (κ1) is 15.9. The molecule has 0 aliphatic rings. The molecule has 0 aliphatic heterocycles. The average molecular weight is 238 g/mol. The molecule has 3 nitrogen and oxygen atoms in total. The SMILES string of the molecule is CC(C)[C@@H](N)c1cccc(N)n1.Cl.Cl. The van der Waals surface area contributed by atoms with Gasteiger partial charge in [-0.15, -0.1) is 24.8 Å². The molecule has 82 valence electrons. The topological polar surface area (TPSA) is 64.9 Å². The van der Waals surface area contributed by atoms with E-state index in [0.29, 0.717) is 11.7 Å². The van der Waals surface area contributed by atoms with Crippen molar-refractivity contribution in [2.75, 3.05) is 5.73 Å². The molecule has 1 aromatic heterocycles. The van der Waals surface area contributed by atoms with Crippen LogP contribution in [0.25, 0.3) is 0 Å². The van der Waals surface area contributed by atoms with Gasteiger partial charge in [0.15, 0.2) is 0 Å². The summed E-state index contributed by atoms with van der Waals surface area (Å²) in [6.07, 6.45) is 0. The van der Waals surface area contributed by atoms with E-state index in [9.17, 15) is 0 Å². The summed E-state index contributed by atoms with van der Waals surface area (Å²) in [7, 11) is 0. The quantitative estimate of drug-likeness (QED) is 0.829. The third-order valence-corrected chi connectivity index (χ3v) is 1.85. The second-order valence-electron chi connectivity index (χ2n) is 3.26. The zero-order valence-corrected chi connectivity index (χ0v) is 9.94. The fraction of sp³-hybridized carbons (Fsp3) is 0.444. The molecule has 0 aromatic carbocycles. The number of halogens is 2. The van der Waals surface area contributed by atoms with Crippen LogP contribution in [-0.2, 0) is 0 Å². The molecule has 0 bridgehead atoms. The van der Waals surface area contributed by atoms with Gasteiger partial charge in [-0.05, 0) is 18.1 Å². The van der Waals surface area contributed by atoms with Gasteiger partial charge in [0.05, 0.1) is 5.69 Å². The summed E-state index contributed by atoms with van der Waals surface area (Å²) in [4.78, 5) is 4.15. The minimum Gasteiger partial charge on any atom is -0.384 e. The number of rotatable bonds is 2. The smallest absolute Gasteiger partial charge is 0.123 e. The Bertz CT molecular complexity index is 266. The fourth-order valence-corrected chi connectivity index (χ4v) is 0.996. The Morgan fingerprint density at radius 1 is 1.21 bits per heavy atom.